The van der Waals surface area contributed by atoms with Crippen LogP contribution in [0.4, 0.5) is 13.2 Å². The lowest BCUT2D eigenvalue weighted by atomic mass is 10.0. The van der Waals surface area contributed by atoms with Crippen LogP contribution >= 0.6 is 0 Å². The van der Waals surface area contributed by atoms with E-state index in [1.54, 1.807) is 20.0 Å². The Morgan fingerprint density at radius 1 is 1.36 bits per heavy atom. The lowest BCUT2D eigenvalue weighted by molar-refractivity contribution is -0.142. The van der Waals surface area contributed by atoms with Gasteiger partial charge >= 0.3 is 6.18 Å². The van der Waals surface area contributed by atoms with E-state index >= 15 is 0 Å². The highest BCUT2D eigenvalue weighted by molar-refractivity contribution is 7.89. The molecule has 1 N–H and O–H groups in total. The predicted octanol–water partition coefficient (Wildman–Crippen LogP) is 2.71. The van der Waals surface area contributed by atoms with Gasteiger partial charge in [0.2, 0.25) is 10.0 Å². The van der Waals surface area contributed by atoms with Gasteiger partial charge in [-0.05, 0) is 36.5 Å². The number of aliphatic hydroxyl groups is 1. The summed E-state index contributed by atoms with van der Waals surface area (Å²) in [4.78, 5) is 0. The molecule has 0 fully saturated rings. The summed E-state index contributed by atoms with van der Waals surface area (Å²) in [6.45, 7) is 0.994. The molecule has 1 aromatic carbocycles. The van der Waals surface area contributed by atoms with Crippen molar-refractivity contribution in [2.24, 2.45) is 0 Å². The minimum atomic E-state index is -4.62. The van der Waals surface area contributed by atoms with Crippen LogP contribution in [0, 0.1) is 0 Å². The van der Waals surface area contributed by atoms with E-state index in [4.69, 9.17) is 5.11 Å². The molecule has 1 unspecified atom stereocenters. The van der Waals surface area contributed by atoms with E-state index in [-0.39, 0.29) is 23.9 Å². The van der Waals surface area contributed by atoms with Crippen molar-refractivity contribution >= 4 is 10.0 Å². The van der Waals surface area contributed by atoms with Crippen molar-refractivity contribution in [3.63, 3.8) is 0 Å². The van der Waals surface area contributed by atoms with Gasteiger partial charge in [0, 0.05) is 24.8 Å². The topological polar surface area (TPSA) is 75.4 Å². The van der Waals surface area contributed by atoms with Crippen molar-refractivity contribution in [2.75, 3.05) is 12.8 Å². The molecule has 0 saturated heterocycles. The minimum Gasteiger partial charge on any atom is -0.392 e. The SMILES string of the molecule is CCS(=O)(=O)N(C)C1CCc2cc(Cn3cc(CO)c(C(F)(F)F)n3)ccc21. The Bertz CT molecular complexity index is 970. The van der Waals surface area contributed by atoms with E-state index in [9.17, 15) is 21.6 Å². The number of sulfonamides is 1. The number of benzene rings is 1. The molecule has 0 bridgehead atoms. The highest BCUT2D eigenvalue weighted by atomic mass is 32.2. The molecule has 0 amide bonds. The van der Waals surface area contributed by atoms with E-state index in [1.807, 2.05) is 12.1 Å². The Morgan fingerprint density at radius 2 is 2.07 bits per heavy atom. The normalized spacial score (nSPS) is 17.3. The van der Waals surface area contributed by atoms with Gasteiger partial charge in [0.05, 0.1) is 18.9 Å². The fourth-order valence-corrected chi connectivity index (χ4v) is 4.62. The second-order valence-electron chi connectivity index (χ2n) is 6.86. The molecule has 1 aromatic heterocycles. The maximum atomic E-state index is 13.0. The second-order valence-corrected chi connectivity index (χ2v) is 9.18. The number of aryl methyl sites for hydroxylation is 1. The number of hydrogen-bond donors (Lipinski definition) is 1. The third kappa shape index (κ3) is 3.94. The summed E-state index contributed by atoms with van der Waals surface area (Å²) in [5.41, 5.74) is 1.34. The Kier molecular flexibility index (Phi) is 5.57. The van der Waals surface area contributed by atoms with Crippen molar-refractivity contribution < 1.29 is 26.7 Å². The standard InChI is InChI=1S/C18H22F3N3O3S/c1-3-28(26,27)23(2)16-7-5-13-8-12(4-6-15(13)16)9-24-10-14(11-25)17(22-24)18(19,20)21/h4,6,8,10,16,25H,3,5,7,9,11H2,1-2H3. The smallest absolute Gasteiger partial charge is 0.392 e. The Labute approximate surface area is 161 Å². The van der Waals surface area contributed by atoms with Crippen molar-refractivity contribution in [2.45, 2.75) is 45.1 Å². The number of fused-ring (bicyclic) bond motifs is 1. The zero-order valence-corrected chi connectivity index (χ0v) is 16.4. The average molecular weight is 417 g/mol. The Balaban J connectivity index is 1.84. The van der Waals surface area contributed by atoms with Crippen molar-refractivity contribution in [1.29, 1.82) is 0 Å². The van der Waals surface area contributed by atoms with Gasteiger partial charge in [-0.1, -0.05) is 18.2 Å². The number of halogens is 3. The molecular formula is C18H22F3N3O3S. The fourth-order valence-electron chi connectivity index (χ4n) is 3.61. The monoisotopic (exact) mass is 417 g/mol. The minimum absolute atomic E-state index is 0.0292. The number of rotatable bonds is 6. The number of nitrogens with zero attached hydrogens (tertiary/aromatic N) is 3. The largest absolute Gasteiger partial charge is 0.435 e. The number of aromatic nitrogens is 2. The molecule has 0 spiro atoms. The van der Waals surface area contributed by atoms with Crippen LogP contribution in [-0.2, 0) is 35.8 Å². The molecule has 154 valence electrons. The molecule has 1 heterocycles. The van der Waals surface area contributed by atoms with E-state index in [0.717, 1.165) is 21.4 Å². The first-order valence-corrected chi connectivity index (χ1v) is 10.5. The van der Waals surface area contributed by atoms with Crippen LogP contribution in [0.25, 0.3) is 0 Å². The second kappa shape index (κ2) is 7.49. The van der Waals surface area contributed by atoms with Crippen LogP contribution in [0.5, 0.6) is 0 Å². The summed E-state index contributed by atoms with van der Waals surface area (Å²) in [5.74, 6) is 0.0292. The first-order valence-electron chi connectivity index (χ1n) is 8.88. The van der Waals surface area contributed by atoms with E-state index in [2.05, 4.69) is 5.10 Å². The quantitative estimate of drug-likeness (QED) is 0.784. The molecule has 0 saturated carbocycles. The molecule has 1 aliphatic carbocycles. The zero-order chi connectivity index (χ0) is 20.7. The third-order valence-corrected chi connectivity index (χ3v) is 6.98. The lowest BCUT2D eigenvalue weighted by Gasteiger charge is -2.24. The van der Waals surface area contributed by atoms with Crippen LogP contribution < -0.4 is 0 Å². The summed E-state index contributed by atoms with van der Waals surface area (Å²) < 4.78 is 65.8. The van der Waals surface area contributed by atoms with Crippen molar-refractivity contribution in [1.82, 2.24) is 14.1 Å². The molecule has 1 atom stereocenters. The van der Waals surface area contributed by atoms with Crippen LogP contribution in [0.15, 0.2) is 24.4 Å². The third-order valence-electron chi connectivity index (χ3n) is 5.12. The van der Waals surface area contributed by atoms with Crippen molar-refractivity contribution in [3.05, 3.63) is 52.3 Å². The van der Waals surface area contributed by atoms with E-state index in [0.29, 0.717) is 12.8 Å². The van der Waals surface area contributed by atoms with Gasteiger partial charge < -0.3 is 5.11 Å². The maximum absolute atomic E-state index is 13.0. The highest BCUT2D eigenvalue weighted by Gasteiger charge is 2.37. The van der Waals surface area contributed by atoms with Gasteiger partial charge in [-0.2, -0.15) is 22.6 Å². The summed E-state index contributed by atoms with van der Waals surface area (Å²) in [6, 6.07) is 5.27. The summed E-state index contributed by atoms with van der Waals surface area (Å²) >= 11 is 0. The molecule has 0 aliphatic heterocycles. The fraction of sp³-hybridized carbons (Fsp3) is 0.500. The van der Waals surface area contributed by atoms with Crippen molar-refractivity contribution in [3.8, 4) is 0 Å². The van der Waals surface area contributed by atoms with Crippen LogP contribution in [0.2, 0.25) is 0 Å². The number of alkyl halides is 3. The van der Waals surface area contributed by atoms with Gasteiger partial charge in [-0.25, -0.2) is 8.42 Å². The highest BCUT2D eigenvalue weighted by Crippen LogP contribution is 2.37. The van der Waals surface area contributed by atoms with Crippen LogP contribution in [-0.4, -0.2) is 40.4 Å². The van der Waals surface area contributed by atoms with Gasteiger partial charge in [-0.15, -0.1) is 0 Å². The molecule has 3 rings (SSSR count). The number of hydrogen-bond acceptors (Lipinski definition) is 4. The Morgan fingerprint density at radius 3 is 2.64 bits per heavy atom. The maximum Gasteiger partial charge on any atom is 0.435 e. The van der Waals surface area contributed by atoms with Gasteiger partial charge in [0.15, 0.2) is 5.69 Å². The van der Waals surface area contributed by atoms with E-state index < -0.39 is 28.5 Å². The van der Waals surface area contributed by atoms with Gasteiger partial charge in [0.25, 0.3) is 0 Å². The molecule has 0 radical (unpaired) electrons. The number of aliphatic hydroxyl groups excluding tert-OH is 1. The van der Waals surface area contributed by atoms with Gasteiger partial charge in [-0.3, -0.25) is 4.68 Å². The average Bonchev–Trinajstić information content (AvgIpc) is 3.24. The summed E-state index contributed by atoms with van der Waals surface area (Å²) in [6.07, 6.45) is -2.06. The molecular weight excluding hydrogens is 395 g/mol. The van der Waals surface area contributed by atoms with E-state index in [1.165, 1.54) is 10.5 Å². The molecule has 10 heteroatoms. The summed E-state index contributed by atoms with van der Waals surface area (Å²) in [7, 11) is -1.74. The first-order chi connectivity index (χ1) is 13.1. The summed E-state index contributed by atoms with van der Waals surface area (Å²) in [5, 5.41) is 12.7. The predicted molar refractivity (Wildman–Crippen MR) is 97.0 cm³/mol. The molecule has 1 aliphatic rings. The zero-order valence-electron chi connectivity index (χ0n) is 15.6. The lowest BCUT2D eigenvalue weighted by Crippen LogP contribution is -2.31. The first kappa shape index (κ1) is 20.8. The van der Waals surface area contributed by atoms with Crippen LogP contribution in [0.3, 0.4) is 0 Å². The van der Waals surface area contributed by atoms with Gasteiger partial charge in [0.1, 0.15) is 0 Å². The van der Waals surface area contributed by atoms with Crippen LogP contribution in [0.1, 0.15) is 47.3 Å². The molecule has 28 heavy (non-hydrogen) atoms. The molecule has 2 aromatic rings. The Hall–Kier alpha value is -1.91. The molecule has 6 nitrogen and oxygen atoms in total.